The average molecular weight is 218 g/mol. The van der Waals surface area contributed by atoms with E-state index in [1.807, 2.05) is 0 Å². The molecule has 0 fully saturated rings. The molecule has 0 aliphatic heterocycles. The molecule has 1 unspecified atom stereocenters. The van der Waals surface area contributed by atoms with Crippen LogP contribution in [-0.2, 0) is 4.74 Å². The van der Waals surface area contributed by atoms with Crippen LogP contribution in [0.5, 0.6) is 0 Å². The highest BCUT2D eigenvalue weighted by Crippen LogP contribution is 1.89. The molecule has 0 radical (unpaired) electrons. The molecule has 0 rings (SSSR count). The fourth-order valence-electron chi connectivity index (χ4n) is 1.49. The van der Waals surface area contributed by atoms with Crippen molar-refractivity contribution in [3.63, 3.8) is 0 Å². The fraction of sp³-hybridized carbons (Fsp3) is 1.00. The molecule has 15 heavy (non-hydrogen) atoms. The zero-order valence-corrected chi connectivity index (χ0v) is 10.3. The average Bonchev–Trinajstić information content (AvgIpc) is 2.24. The Morgan fingerprint density at radius 2 is 2.00 bits per heavy atom. The smallest absolute Gasteiger partial charge is 0.0897 e. The van der Waals surface area contributed by atoms with E-state index in [-0.39, 0.29) is 6.10 Å². The van der Waals surface area contributed by atoms with Gasteiger partial charge in [-0.2, -0.15) is 0 Å². The molecule has 1 atom stereocenters. The molecule has 0 aliphatic rings. The van der Waals surface area contributed by atoms with Crippen molar-refractivity contribution in [3.8, 4) is 0 Å². The molecular weight excluding hydrogens is 192 g/mol. The molecule has 0 aromatic rings. The summed E-state index contributed by atoms with van der Waals surface area (Å²) in [6, 6.07) is 0. The Morgan fingerprint density at radius 3 is 2.53 bits per heavy atom. The van der Waals surface area contributed by atoms with Gasteiger partial charge in [0.25, 0.3) is 0 Å². The van der Waals surface area contributed by atoms with Crippen LogP contribution in [0.1, 0.15) is 20.3 Å². The minimum absolute atomic E-state index is 0.386. The van der Waals surface area contributed by atoms with Crippen LogP contribution in [0.4, 0.5) is 0 Å². The van der Waals surface area contributed by atoms with Crippen molar-refractivity contribution in [2.75, 3.05) is 46.4 Å². The van der Waals surface area contributed by atoms with E-state index in [0.717, 1.165) is 32.6 Å². The molecule has 0 amide bonds. The lowest BCUT2D eigenvalue weighted by Gasteiger charge is -2.18. The van der Waals surface area contributed by atoms with Gasteiger partial charge in [-0.15, -0.1) is 0 Å². The first-order valence-corrected chi connectivity index (χ1v) is 5.84. The Balaban J connectivity index is 3.23. The quantitative estimate of drug-likeness (QED) is 0.518. The number of hydrogen-bond acceptors (Lipinski definition) is 4. The SMILES string of the molecule is CCN(CC)CCCNCC(O)COC. The molecule has 0 aromatic carbocycles. The molecule has 0 heterocycles. The van der Waals surface area contributed by atoms with E-state index in [9.17, 15) is 5.11 Å². The molecule has 0 saturated heterocycles. The molecule has 0 saturated carbocycles. The number of methoxy groups -OCH3 is 1. The maximum atomic E-state index is 9.35. The number of nitrogens with one attached hydrogen (secondary N) is 1. The first-order chi connectivity index (χ1) is 7.24. The maximum absolute atomic E-state index is 9.35. The summed E-state index contributed by atoms with van der Waals surface area (Å²) in [5.41, 5.74) is 0. The number of aliphatic hydroxyl groups excluding tert-OH is 1. The predicted molar refractivity (Wildman–Crippen MR) is 63.2 cm³/mol. The van der Waals surface area contributed by atoms with E-state index in [0.29, 0.717) is 13.2 Å². The van der Waals surface area contributed by atoms with Crippen molar-refractivity contribution in [2.24, 2.45) is 0 Å². The summed E-state index contributed by atoms with van der Waals surface area (Å²) in [6.45, 7) is 9.69. The highest BCUT2D eigenvalue weighted by molar-refractivity contribution is 4.59. The van der Waals surface area contributed by atoms with Crippen molar-refractivity contribution < 1.29 is 9.84 Å². The van der Waals surface area contributed by atoms with Gasteiger partial charge in [0.05, 0.1) is 12.7 Å². The van der Waals surface area contributed by atoms with E-state index in [2.05, 4.69) is 24.1 Å². The van der Waals surface area contributed by atoms with E-state index < -0.39 is 0 Å². The number of hydrogen-bond donors (Lipinski definition) is 2. The molecule has 0 aliphatic carbocycles. The second-order valence-corrected chi connectivity index (χ2v) is 3.69. The third-order valence-corrected chi connectivity index (χ3v) is 2.46. The van der Waals surface area contributed by atoms with Gasteiger partial charge < -0.3 is 20.1 Å². The minimum Gasteiger partial charge on any atom is -0.389 e. The van der Waals surface area contributed by atoms with E-state index in [1.165, 1.54) is 0 Å². The van der Waals surface area contributed by atoms with Gasteiger partial charge in [-0.25, -0.2) is 0 Å². The first kappa shape index (κ1) is 14.8. The topological polar surface area (TPSA) is 44.7 Å². The third-order valence-electron chi connectivity index (χ3n) is 2.46. The molecular formula is C11H26N2O2. The molecule has 4 heteroatoms. The van der Waals surface area contributed by atoms with Gasteiger partial charge in [-0.3, -0.25) is 0 Å². The molecule has 0 aromatic heterocycles. The highest BCUT2D eigenvalue weighted by Gasteiger charge is 2.02. The minimum atomic E-state index is -0.386. The predicted octanol–water partition coefficient (Wildman–Crippen LogP) is 0.315. The fourth-order valence-corrected chi connectivity index (χ4v) is 1.49. The van der Waals surface area contributed by atoms with Crippen LogP contribution in [0.2, 0.25) is 0 Å². The van der Waals surface area contributed by atoms with Crippen LogP contribution in [-0.4, -0.2) is 62.6 Å². The normalized spacial score (nSPS) is 13.4. The Kier molecular flexibility index (Phi) is 10.3. The first-order valence-electron chi connectivity index (χ1n) is 5.84. The summed E-state index contributed by atoms with van der Waals surface area (Å²) >= 11 is 0. The summed E-state index contributed by atoms with van der Waals surface area (Å²) in [5, 5.41) is 12.6. The molecule has 92 valence electrons. The lowest BCUT2D eigenvalue weighted by Crippen LogP contribution is -2.32. The Bertz CT molecular complexity index is 130. The summed E-state index contributed by atoms with van der Waals surface area (Å²) in [4.78, 5) is 2.40. The summed E-state index contributed by atoms with van der Waals surface area (Å²) in [6.07, 6.45) is 0.741. The van der Waals surface area contributed by atoms with Crippen LogP contribution in [0.3, 0.4) is 0 Å². The largest absolute Gasteiger partial charge is 0.389 e. The van der Waals surface area contributed by atoms with Gasteiger partial charge in [-0.1, -0.05) is 13.8 Å². The van der Waals surface area contributed by atoms with Gasteiger partial charge in [0, 0.05) is 13.7 Å². The highest BCUT2D eigenvalue weighted by atomic mass is 16.5. The van der Waals surface area contributed by atoms with E-state index >= 15 is 0 Å². The van der Waals surface area contributed by atoms with E-state index in [4.69, 9.17) is 4.74 Å². The van der Waals surface area contributed by atoms with Gasteiger partial charge in [0.15, 0.2) is 0 Å². The van der Waals surface area contributed by atoms with Crippen LogP contribution in [0, 0.1) is 0 Å². The number of aliphatic hydroxyl groups is 1. The molecule has 2 N–H and O–H groups in total. The monoisotopic (exact) mass is 218 g/mol. The van der Waals surface area contributed by atoms with Crippen molar-refractivity contribution in [3.05, 3.63) is 0 Å². The molecule has 4 nitrogen and oxygen atoms in total. The van der Waals surface area contributed by atoms with Crippen molar-refractivity contribution >= 4 is 0 Å². The Hall–Kier alpha value is -0.160. The second kappa shape index (κ2) is 10.4. The number of nitrogens with zero attached hydrogens (tertiary/aromatic N) is 1. The van der Waals surface area contributed by atoms with Gasteiger partial charge in [-0.05, 0) is 32.6 Å². The molecule has 0 spiro atoms. The van der Waals surface area contributed by atoms with E-state index in [1.54, 1.807) is 7.11 Å². The van der Waals surface area contributed by atoms with Crippen LogP contribution < -0.4 is 5.32 Å². The van der Waals surface area contributed by atoms with Gasteiger partial charge in [0.2, 0.25) is 0 Å². The summed E-state index contributed by atoms with van der Waals surface area (Å²) in [5.74, 6) is 0. The zero-order chi connectivity index (χ0) is 11.5. The van der Waals surface area contributed by atoms with Gasteiger partial charge >= 0.3 is 0 Å². The van der Waals surface area contributed by atoms with Crippen molar-refractivity contribution in [1.29, 1.82) is 0 Å². The zero-order valence-electron chi connectivity index (χ0n) is 10.3. The van der Waals surface area contributed by atoms with Crippen molar-refractivity contribution in [2.45, 2.75) is 26.4 Å². The Labute approximate surface area is 93.6 Å². The third kappa shape index (κ3) is 8.81. The van der Waals surface area contributed by atoms with Crippen molar-refractivity contribution in [1.82, 2.24) is 10.2 Å². The van der Waals surface area contributed by atoms with Crippen LogP contribution in [0.15, 0.2) is 0 Å². The standard InChI is InChI=1S/C11H26N2O2/c1-4-13(5-2)8-6-7-12-9-11(14)10-15-3/h11-12,14H,4-10H2,1-3H3. The second-order valence-electron chi connectivity index (χ2n) is 3.69. The van der Waals surface area contributed by atoms with Gasteiger partial charge in [0.1, 0.15) is 0 Å². The summed E-state index contributed by atoms with van der Waals surface area (Å²) < 4.78 is 4.84. The lowest BCUT2D eigenvalue weighted by atomic mass is 10.3. The Morgan fingerprint density at radius 1 is 1.33 bits per heavy atom. The maximum Gasteiger partial charge on any atom is 0.0897 e. The van der Waals surface area contributed by atoms with Crippen LogP contribution >= 0.6 is 0 Å². The lowest BCUT2D eigenvalue weighted by molar-refractivity contribution is 0.0645. The summed E-state index contributed by atoms with van der Waals surface area (Å²) in [7, 11) is 1.60. The number of ether oxygens (including phenoxy) is 1. The van der Waals surface area contributed by atoms with Crippen LogP contribution in [0.25, 0.3) is 0 Å². The molecule has 0 bridgehead atoms. The number of rotatable bonds is 10.